The standard InChI is InChI=1S/C22H27FN2O5S/c1-3-29-21-13-16(7-8-20(21)23)15-25(18-9-11-24-12-10-18)22(26)17-5-4-6-19(14-17)30-31(2,27)28/h4-8,13-14,18,24H,3,9-12,15H2,1-2H3. The molecule has 0 aromatic heterocycles. The van der Waals surface area contributed by atoms with E-state index in [0.717, 1.165) is 37.8 Å². The zero-order valence-electron chi connectivity index (χ0n) is 17.6. The Morgan fingerprint density at radius 1 is 1.19 bits per heavy atom. The molecule has 3 rings (SSSR count). The summed E-state index contributed by atoms with van der Waals surface area (Å²) in [6, 6.07) is 10.7. The van der Waals surface area contributed by atoms with Crippen LogP contribution in [0.5, 0.6) is 11.5 Å². The van der Waals surface area contributed by atoms with Crippen molar-refractivity contribution < 1.29 is 26.5 Å². The van der Waals surface area contributed by atoms with Gasteiger partial charge in [0.15, 0.2) is 11.6 Å². The Hall–Kier alpha value is -2.65. The van der Waals surface area contributed by atoms with Gasteiger partial charge in [0.05, 0.1) is 12.9 Å². The SMILES string of the molecule is CCOc1cc(CN(C(=O)c2cccc(OS(C)(=O)=O)c2)C2CCNCC2)ccc1F. The van der Waals surface area contributed by atoms with Crippen LogP contribution in [0.1, 0.15) is 35.7 Å². The second kappa shape index (κ2) is 10.1. The molecule has 1 N–H and O–H groups in total. The third-order valence-corrected chi connectivity index (χ3v) is 5.48. The molecule has 0 radical (unpaired) electrons. The van der Waals surface area contributed by atoms with Crippen LogP contribution in [-0.4, -0.2) is 51.2 Å². The van der Waals surface area contributed by atoms with Gasteiger partial charge in [0.2, 0.25) is 0 Å². The molecule has 1 heterocycles. The fraction of sp³-hybridized carbons (Fsp3) is 0.409. The largest absolute Gasteiger partial charge is 0.491 e. The van der Waals surface area contributed by atoms with Crippen molar-refractivity contribution >= 4 is 16.0 Å². The number of benzene rings is 2. The Balaban J connectivity index is 1.90. The van der Waals surface area contributed by atoms with Gasteiger partial charge in [-0.2, -0.15) is 8.42 Å². The van der Waals surface area contributed by atoms with E-state index in [1.54, 1.807) is 36.1 Å². The lowest BCUT2D eigenvalue weighted by atomic mass is 10.0. The first-order valence-electron chi connectivity index (χ1n) is 10.2. The fourth-order valence-electron chi connectivity index (χ4n) is 3.62. The Morgan fingerprint density at radius 3 is 2.61 bits per heavy atom. The molecule has 9 heteroatoms. The van der Waals surface area contributed by atoms with Crippen LogP contribution in [0, 0.1) is 5.82 Å². The molecule has 0 aliphatic carbocycles. The number of carbonyl (C=O) groups is 1. The summed E-state index contributed by atoms with van der Waals surface area (Å²) in [5.41, 5.74) is 1.08. The summed E-state index contributed by atoms with van der Waals surface area (Å²) < 4.78 is 47.1. The molecular formula is C22H27FN2O5S. The maximum Gasteiger partial charge on any atom is 0.306 e. The third-order valence-electron chi connectivity index (χ3n) is 4.99. The van der Waals surface area contributed by atoms with Crippen LogP contribution in [0.3, 0.4) is 0 Å². The summed E-state index contributed by atoms with van der Waals surface area (Å²) in [7, 11) is -3.71. The number of hydrogen-bond donors (Lipinski definition) is 1. The van der Waals surface area contributed by atoms with E-state index in [-0.39, 0.29) is 30.0 Å². The molecule has 1 aliphatic heterocycles. The summed E-state index contributed by atoms with van der Waals surface area (Å²) in [5, 5.41) is 3.29. The Bertz CT molecular complexity index is 1020. The summed E-state index contributed by atoms with van der Waals surface area (Å²) in [5.74, 6) is -0.454. The number of nitrogens with one attached hydrogen (secondary N) is 1. The first-order valence-corrected chi connectivity index (χ1v) is 12.0. The van der Waals surface area contributed by atoms with Gasteiger partial charge in [0.1, 0.15) is 5.75 Å². The van der Waals surface area contributed by atoms with Crippen molar-refractivity contribution in [1.82, 2.24) is 10.2 Å². The molecule has 0 atom stereocenters. The van der Waals surface area contributed by atoms with E-state index >= 15 is 0 Å². The molecule has 168 valence electrons. The van der Waals surface area contributed by atoms with Crippen LogP contribution < -0.4 is 14.2 Å². The van der Waals surface area contributed by atoms with Crippen LogP contribution in [0.2, 0.25) is 0 Å². The van der Waals surface area contributed by atoms with Crippen LogP contribution >= 0.6 is 0 Å². The maximum absolute atomic E-state index is 14.0. The topological polar surface area (TPSA) is 84.9 Å². The quantitative estimate of drug-likeness (QED) is 0.623. The van der Waals surface area contributed by atoms with Gasteiger partial charge in [-0.25, -0.2) is 4.39 Å². The molecule has 1 fully saturated rings. The van der Waals surface area contributed by atoms with Gasteiger partial charge >= 0.3 is 10.1 Å². The third kappa shape index (κ3) is 6.41. The molecular weight excluding hydrogens is 423 g/mol. The van der Waals surface area contributed by atoms with Gasteiger partial charge in [0.25, 0.3) is 5.91 Å². The van der Waals surface area contributed by atoms with Crippen molar-refractivity contribution in [2.24, 2.45) is 0 Å². The normalized spacial score (nSPS) is 14.8. The summed E-state index contributed by atoms with van der Waals surface area (Å²) in [6.45, 7) is 3.98. The zero-order chi connectivity index (χ0) is 22.4. The average Bonchev–Trinajstić information content (AvgIpc) is 2.73. The predicted molar refractivity (Wildman–Crippen MR) is 115 cm³/mol. The first kappa shape index (κ1) is 23.0. The number of piperidine rings is 1. The van der Waals surface area contributed by atoms with Crippen molar-refractivity contribution in [2.45, 2.75) is 32.4 Å². The van der Waals surface area contributed by atoms with Crippen molar-refractivity contribution in [3.8, 4) is 11.5 Å². The molecule has 1 aliphatic rings. The minimum absolute atomic E-state index is 0.00571. The molecule has 7 nitrogen and oxygen atoms in total. The zero-order valence-corrected chi connectivity index (χ0v) is 18.5. The Morgan fingerprint density at radius 2 is 1.94 bits per heavy atom. The molecule has 1 saturated heterocycles. The van der Waals surface area contributed by atoms with Crippen molar-refractivity contribution in [3.63, 3.8) is 0 Å². The van der Waals surface area contributed by atoms with Gasteiger partial charge in [-0.3, -0.25) is 4.79 Å². The maximum atomic E-state index is 14.0. The van der Waals surface area contributed by atoms with Gasteiger partial charge in [-0.05, 0) is 68.8 Å². The molecule has 0 saturated carbocycles. The van der Waals surface area contributed by atoms with E-state index in [4.69, 9.17) is 8.92 Å². The molecule has 31 heavy (non-hydrogen) atoms. The lowest BCUT2D eigenvalue weighted by Crippen LogP contribution is -2.45. The number of carbonyl (C=O) groups excluding carboxylic acids is 1. The summed E-state index contributed by atoms with van der Waals surface area (Å²) in [6.07, 6.45) is 2.52. The van der Waals surface area contributed by atoms with Crippen LogP contribution in [0.15, 0.2) is 42.5 Å². The average molecular weight is 451 g/mol. The number of halogens is 1. The van der Waals surface area contributed by atoms with Crippen molar-refractivity contribution in [1.29, 1.82) is 0 Å². The summed E-state index contributed by atoms with van der Waals surface area (Å²) >= 11 is 0. The summed E-state index contributed by atoms with van der Waals surface area (Å²) in [4.78, 5) is 15.2. The highest BCUT2D eigenvalue weighted by molar-refractivity contribution is 7.86. The van der Waals surface area contributed by atoms with Gasteiger partial charge in [0, 0.05) is 18.2 Å². The number of rotatable bonds is 8. The van der Waals surface area contributed by atoms with Crippen LogP contribution in [0.4, 0.5) is 4.39 Å². The van der Waals surface area contributed by atoms with Crippen LogP contribution in [-0.2, 0) is 16.7 Å². The van der Waals surface area contributed by atoms with E-state index < -0.39 is 15.9 Å². The first-order chi connectivity index (χ1) is 14.8. The molecule has 0 bridgehead atoms. The smallest absolute Gasteiger partial charge is 0.306 e. The lowest BCUT2D eigenvalue weighted by molar-refractivity contribution is 0.0622. The minimum Gasteiger partial charge on any atom is -0.491 e. The molecule has 2 aromatic rings. The highest BCUT2D eigenvalue weighted by atomic mass is 32.2. The van der Waals surface area contributed by atoms with E-state index in [1.807, 2.05) is 0 Å². The van der Waals surface area contributed by atoms with Gasteiger partial charge in [-0.1, -0.05) is 12.1 Å². The second-order valence-corrected chi connectivity index (χ2v) is 9.00. The molecule has 0 unspecified atom stereocenters. The van der Waals surface area contributed by atoms with Gasteiger partial charge in [-0.15, -0.1) is 0 Å². The van der Waals surface area contributed by atoms with E-state index in [0.29, 0.717) is 12.2 Å². The van der Waals surface area contributed by atoms with E-state index in [2.05, 4.69) is 5.32 Å². The van der Waals surface area contributed by atoms with E-state index in [9.17, 15) is 17.6 Å². The molecule has 1 amide bonds. The predicted octanol–water partition coefficient (Wildman–Crippen LogP) is 2.96. The minimum atomic E-state index is -3.71. The number of nitrogens with zero attached hydrogens (tertiary/aromatic N) is 1. The highest BCUT2D eigenvalue weighted by Crippen LogP contribution is 2.25. The fourth-order valence-corrected chi connectivity index (χ4v) is 4.07. The van der Waals surface area contributed by atoms with E-state index in [1.165, 1.54) is 18.2 Å². The van der Waals surface area contributed by atoms with Crippen LogP contribution in [0.25, 0.3) is 0 Å². The lowest BCUT2D eigenvalue weighted by Gasteiger charge is -2.35. The highest BCUT2D eigenvalue weighted by Gasteiger charge is 2.27. The number of hydrogen-bond acceptors (Lipinski definition) is 6. The number of ether oxygens (including phenoxy) is 1. The Labute approximate surface area is 182 Å². The monoisotopic (exact) mass is 450 g/mol. The van der Waals surface area contributed by atoms with Crippen molar-refractivity contribution in [2.75, 3.05) is 26.0 Å². The Kier molecular flexibility index (Phi) is 7.50. The molecule has 0 spiro atoms. The molecule has 2 aromatic carbocycles. The number of amides is 1. The van der Waals surface area contributed by atoms with Crippen molar-refractivity contribution in [3.05, 3.63) is 59.4 Å². The van der Waals surface area contributed by atoms with Gasteiger partial charge < -0.3 is 19.1 Å². The second-order valence-electron chi connectivity index (χ2n) is 7.43.